The molecule has 24 heavy (non-hydrogen) atoms. The van der Waals surface area contributed by atoms with E-state index in [0.717, 1.165) is 11.6 Å². The van der Waals surface area contributed by atoms with E-state index in [1.54, 1.807) is 10.7 Å². The van der Waals surface area contributed by atoms with Crippen LogP contribution in [0.1, 0.15) is 17.2 Å². The lowest BCUT2D eigenvalue weighted by Gasteiger charge is -2.15. The molecule has 0 unspecified atom stereocenters. The molecule has 0 spiro atoms. The summed E-state index contributed by atoms with van der Waals surface area (Å²) in [6.45, 7) is 0.242. The monoisotopic (exact) mass is 347 g/mol. The van der Waals surface area contributed by atoms with E-state index in [-0.39, 0.29) is 12.1 Å². The molecular formula is C17H12ClF2N3O. The molecular weight excluding hydrogens is 336 g/mol. The number of benzene rings is 2. The first-order chi connectivity index (χ1) is 11.6. The van der Waals surface area contributed by atoms with E-state index in [9.17, 15) is 8.78 Å². The largest absolute Gasteiger partial charge is 0.354 e. The van der Waals surface area contributed by atoms with Gasteiger partial charge in [0.05, 0.1) is 6.54 Å². The van der Waals surface area contributed by atoms with Gasteiger partial charge in [-0.1, -0.05) is 35.9 Å². The molecule has 0 saturated carbocycles. The van der Waals surface area contributed by atoms with Crippen molar-refractivity contribution >= 4 is 11.6 Å². The Morgan fingerprint density at radius 1 is 1.21 bits per heavy atom. The third kappa shape index (κ3) is 2.48. The Labute approximate surface area is 141 Å². The molecule has 1 aromatic heterocycles. The van der Waals surface area contributed by atoms with Crippen LogP contribution >= 0.6 is 11.6 Å². The Balaban J connectivity index is 1.79. The van der Waals surface area contributed by atoms with Gasteiger partial charge in [-0.25, -0.2) is 18.4 Å². The molecule has 0 N–H and O–H groups in total. The van der Waals surface area contributed by atoms with E-state index < -0.39 is 23.3 Å². The van der Waals surface area contributed by atoms with Crippen LogP contribution in [0.15, 0.2) is 55.1 Å². The van der Waals surface area contributed by atoms with Gasteiger partial charge in [0, 0.05) is 22.2 Å². The van der Waals surface area contributed by atoms with E-state index in [1.165, 1.54) is 24.8 Å². The molecule has 0 radical (unpaired) electrons. The van der Waals surface area contributed by atoms with Crippen molar-refractivity contribution < 1.29 is 13.5 Å². The highest BCUT2D eigenvalue weighted by atomic mass is 35.5. The number of hydrogen-bond acceptors (Lipinski definition) is 3. The minimum absolute atomic E-state index is 0.242. The number of hydrogen-bond donors (Lipinski definition) is 0. The molecule has 2 aromatic carbocycles. The Morgan fingerprint density at radius 2 is 2.04 bits per heavy atom. The SMILES string of the molecule is Fc1ccc([C@]2(Cn3cncn3)O[C@@H]2c2ccccc2Cl)c(F)c1. The van der Waals surface area contributed by atoms with Crippen LogP contribution < -0.4 is 0 Å². The molecule has 2 heterocycles. The minimum Gasteiger partial charge on any atom is -0.354 e. The zero-order valence-electron chi connectivity index (χ0n) is 12.4. The number of halogens is 3. The van der Waals surface area contributed by atoms with Crippen molar-refractivity contribution in [3.05, 3.63) is 82.9 Å². The fourth-order valence-electron chi connectivity index (χ4n) is 2.98. The summed E-state index contributed by atoms with van der Waals surface area (Å²) in [6.07, 6.45) is 2.46. The van der Waals surface area contributed by atoms with E-state index in [4.69, 9.17) is 16.3 Å². The zero-order valence-corrected chi connectivity index (χ0v) is 13.1. The van der Waals surface area contributed by atoms with E-state index >= 15 is 0 Å². The molecule has 1 saturated heterocycles. The smallest absolute Gasteiger partial charge is 0.147 e. The lowest BCUT2D eigenvalue weighted by atomic mass is 9.91. The van der Waals surface area contributed by atoms with Crippen LogP contribution in [-0.4, -0.2) is 14.8 Å². The number of aromatic nitrogens is 3. The maximum Gasteiger partial charge on any atom is 0.147 e. The van der Waals surface area contributed by atoms with Crippen molar-refractivity contribution in [3.8, 4) is 0 Å². The average molecular weight is 348 g/mol. The topological polar surface area (TPSA) is 43.2 Å². The number of epoxide rings is 1. The fourth-order valence-corrected chi connectivity index (χ4v) is 3.21. The molecule has 4 nitrogen and oxygen atoms in total. The molecule has 2 atom stereocenters. The van der Waals surface area contributed by atoms with Gasteiger partial charge < -0.3 is 4.74 Å². The standard InChI is InChI=1S/C17H12ClF2N3O/c18-14-4-2-1-3-12(14)16-17(24-16,8-23-10-21-9-22-23)13-6-5-11(19)7-15(13)20/h1-7,9-10,16H,8H2/t16-,17+/m1/s1. The molecule has 1 fully saturated rings. The minimum atomic E-state index is -1.00. The van der Waals surface area contributed by atoms with Crippen LogP contribution in [0.4, 0.5) is 8.78 Å². The lowest BCUT2D eigenvalue weighted by molar-refractivity contribution is 0.256. The number of rotatable bonds is 4. The molecule has 0 amide bonds. The summed E-state index contributed by atoms with van der Waals surface area (Å²) in [7, 11) is 0. The molecule has 3 aromatic rings. The average Bonchev–Trinajstić information content (AvgIpc) is 3.01. The maximum absolute atomic E-state index is 14.4. The number of nitrogens with zero attached hydrogens (tertiary/aromatic N) is 3. The highest BCUT2D eigenvalue weighted by Gasteiger charge is 2.60. The van der Waals surface area contributed by atoms with Crippen LogP contribution in [0.5, 0.6) is 0 Å². The second-order valence-electron chi connectivity index (χ2n) is 5.63. The van der Waals surface area contributed by atoms with Gasteiger partial charge >= 0.3 is 0 Å². The van der Waals surface area contributed by atoms with Crippen molar-refractivity contribution in [1.29, 1.82) is 0 Å². The Morgan fingerprint density at radius 3 is 2.75 bits per heavy atom. The fraction of sp³-hybridized carbons (Fsp3) is 0.176. The van der Waals surface area contributed by atoms with E-state index in [2.05, 4.69) is 10.1 Å². The normalized spacial score (nSPS) is 22.5. The van der Waals surface area contributed by atoms with Gasteiger partial charge in [0.25, 0.3) is 0 Å². The number of ether oxygens (including phenoxy) is 1. The summed E-state index contributed by atoms with van der Waals surface area (Å²) in [4.78, 5) is 3.90. The van der Waals surface area contributed by atoms with Crippen LogP contribution in [0, 0.1) is 11.6 Å². The van der Waals surface area contributed by atoms with Crippen molar-refractivity contribution in [3.63, 3.8) is 0 Å². The van der Waals surface area contributed by atoms with Crippen LogP contribution in [0.2, 0.25) is 5.02 Å². The molecule has 1 aliphatic heterocycles. The van der Waals surface area contributed by atoms with Crippen molar-refractivity contribution in [2.24, 2.45) is 0 Å². The van der Waals surface area contributed by atoms with Crippen molar-refractivity contribution in [2.45, 2.75) is 18.2 Å². The van der Waals surface area contributed by atoms with Crippen LogP contribution in [0.25, 0.3) is 0 Å². The quantitative estimate of drug-likeness (QED) is 0.673. The molecule has 1 aliphatic rings. The highest BCUT2D eigenvalue weighted by Crippen LogP contribution is 2.59. The van der Waals surface area contributed by atoms with Crippen LogP contribution in [0.3, 0.4) is 0 Å². The third-order valence-corrected chi connectivity index (χ3v) is 4.48. The summed E-state index contributed by atoms with van der Waals surface area (Å²) in [5.41, 5.74) is 0.0172. The summed E-state index contributed by atoms with van der Waals surface area (Å²) < 4.78 is 35.2. The maximum atomic E-state index is 14.4. The molecule has 4 rings (SSSR count). The Kier molecular flexibility index (Phi) is 3.58. The van der Waals surface area contributed by atoms with E-state index in [1.807, 2.05) is 18.2 Å². The summed E-state index contributed by atoms with van der Waals surface area (Å²) in [5.74, 6) is -1.30. The van der Waals surface area contributed by atoms with E-state index in [0.29, 0.717) is 5.02 Å². The third-order valence-electron chi connectivity index (χ3n) is 4.13. The second-order valence-corrected chi connectivity index (χ2v) is 6.03. The summed E-state index contributed by atoms with van der Waals surface area (Å²) in [6, 6.07) is 10.7. The van der Waals surface area contributed by atoms with Gasteiger partial charge in [-0.2, -0.15) is 5.10 Å². The second kappa shape index (κ2) is 5.65. The molecule has 0 aliphatic carbocycles. The van der Waals surface area contributed by atoms with Crippen LogP contribution in [-0.2, 0) is 16.9 Å². The molecule has 7 heteroatoms. The lowest BCUT2D eigenvalue weighted by Crippen LogP contribution is -2.21. The van der Waals surface area contributed by atoms with Gasteiger partial charge in [0.1, 0.15) is 36.0 Å². The Bertz CT molecular complexity index is 887. The van der Waals surface area contributed by atoms with Crippen molar-refractivity contribution in [2.75, 3.05) is 0 Å². The van der Waals surface area contributed by atoms with Gasteiger partial charge in [0.15, 0.2) is 0 Å². The first kappa shape index (κ1) is 15.2. The van der Waals surface area contributed by atoms with Gasteiger partial charge in [-0.15, -0.1) is 0 Å². The van der Waals surface area contributed by atoms with Crippen molar-refractivity contribution in [1.82, 2.24) is 14.8 Å². The first-order valence-electron chi connectivity index (χ1n) is 7.30. The Hall–Kier alpha value is -2.31. The predicted octanol–water partition coefficient (Wildman–Crippen LogP) is 3.88. The van der Waals surface area contributed by atoms with Gasteiger partial charge in [-0.3, -0.25) is 0 Å². The summed E-state index contributed by atoms with van der Waals surface area (Å²) in [5, 5.41) is 4.59. The highest BCUT2D eigenvalue weighted by molar-refractivity contribution is 6.31. The molecule has 122 valence electrons. The van der Waals surface area contributed by atoms with Gasteiger partial charge in [0.2, 0.25) is 0 Å². The predicted molar refractivity (Wildman–Crippen MR) is 83.3 cm³/mol. The van der Waals surface area contributed by atoms with Gasteiger partial charge in [-0.05, 0) is 12.1 Å². The zero-order chi connectivity index (χ0) is 16.7. The molecule has 0 bridgehead atoms. The first-order valence-corrected chi connectivity index (χ1v) is 7.68. The summed E-state index contributed by atoms with van der Waals surface area (Å²) >= 11 is 6.25.